The molecule has 1 aliphatic carbocycles. The summed E-state index contributed by atoms with van der Waals surface area (Å²) in [5, 5.41) is 11.7. The Kier molecular flexibility index (Phi) is 5.25. The maximum atomic E-state index is 12.0. The van der Waals surface area contributed by atoms with Crippen LogP contribution in [-0.4, -0.2) is 36.7 Å². The van der Waals surface area contributed by atoms with Crippen molar-refractivity contribution in [1.82, 2.24) is 5.32 Å². The fraction of sp³-hybridized carbons (Fsp3) is 0.500. The first-order valence-corrected chi connectivity index (χ1v) is 7.33. The van der Waals surface area contributed by atoms with Crippen LogP contribution >= 0.6 is 0 Å². The number of benzene rings is 1. The number of carbonyl (C=O) groups excluding carboxylic acids is 1. The Morgan fingerprint density at radius 3 is 2.45 bits per heavy atom. The molecule has 6 nitrogen and oxygen atoms in total. The Hall–Kier alpha value is -2.24. The van der Waals surface area contributed by atoms with E-state index in [1.165, 1.54) is 0 Å². The van der Waals surface area contributed by atoms with Gasteiger partial charge in [-0.2, -0.15) is 0 Å². The minimum atomic E-state index is -0.898. The van der Waals surface area contributed by atoms with Crippen molar-refractivity contribution in [1.29, 1.82) is 0 Å². The van der Waals surface area contributed by atoms with Crippen molar-refractivity contribution in [2.45, 2.75) is 25.9 Å². The van der Waals surface area contributed by atoms with E-state index in [2.05, 4.69) is 5.32 Å². The molecule has 0 heterocycles. The topological polar surface area (TPSA) is 84.9 Å². The number of para-hydroxylation sites is 2. The normalized spacial score (nSPS) is 21.4. The Morgan fingerprint density at radius 1 is 1.27 bits per heavy atom. The number of ether oxygens (including phenoxy) is 2. The number of rotatable bonds is 7. The zero-order valence-electron chi connectivity index (χ0n) is 12.7. The van der Waals surface area contributed by atoms with Gasteiger partial charge in [-0.15, -0.1) is 0 Å². The van der Waals surface area contributed by atoms with E-state index in [9.17, 15) is 9.59 Å². The predicted octanol–water partition coefficient (Wildman–Crippen LogP) is 1.69. The summed E-state index contributed by atoms with van der Waals surface area (Å²) in [7, 11) is 1.57. The molecule has 0 radical (unpaired) electrons. The van der Waals surface area contributed by atoms with Crippen LogP contribution in [0.2, 0.25) is 0 Å². The van der Waals surface area contributed by atoms with Crippen LogP contribution in [0.4, 0.5) is 0 Å². The average Bonchev–Trinajstić information content (AvgIpc) is 2.44. The number of nitrogens with one attached hydrogen (secondary N) is 1. The SMILES string of the molecule is COc1ccccc1OC(C)CNC(=O)C1CCC1C(=O)O. The van der Waals surface area contributed by atoms with Crippen LogP contribution in [0, 0.1) is 11.8 Å². The van der Waals surface area contributed by atoms with Crippen LogP contribution < -0.4 is 14.8 Å². The lowest BCUT2D eigenvalue weighted by Crippen LogP contribution is -2.46. The molecular weight excluding hydrogens is 286 g/mol. The van der Waals surface area contributed by atoms with E-state index in [0.717, 1.165) is 0 Å². The van der Waals surface area contributed by atoms with Crippen molar-refractivity contribution < 1.29 is 24.2 Å². The van der Waals surface area contributed by atoms with Gasteiger partial charge in [-0.05, 0) is 31.9 Å². The third-order valence-electron chi connectivity index (χ3n) is 3.89. The highest BCUT2D eigenvalue weighted by molar-refractivity contribution is 5.86. The van der Waals surface area contributed by atoms with Crippen LogP contribution in [0.1, 0.15) is 19.8 Å². The number of carbonyl (C=O) groups is 2. The Labute approximate surface area is 129 Å². The van der Waals surface area contributed by atoms with Crippen LogP contribution in [0.15, 0.2) is 24.3 Å². The van der Waals surface area contributed by atoms with Gasteiger partial charge in [0.05, 0.1) is 25.5 Å². The molecule has 1 aromatic rings. The van der Waals surface area contributed by atoms with E-state index in [-0.39, 0.29) is 12.0 Å². The van der Waals surface area contributed by atoms with Crippen molar-refractivity contribution in [3.63, 3.8) is 0 Å². The van der Waals surface area contributed by atoms with Crippen LogP contribution in [-0.2, 0) is 9.59 Å². The first-order chi connectivity index (χ1) is 10.5. The average molecular weight is 307 g/mol. The molecule has 22 heavy (non-hydrogen) atoms. The second-order valence-corrected chi connectivity index (χ2v) is 5.45. The molecule has 0 aliphatic heterocycles. The van der Waals surface area contributed by atoms with Gasteiger partial charge < -0.3 is 19.9 Å². The summed E-state index contributed by atoms with van der Waals surface area (Å²) in [6.07, 6.45) is 0.953. The molecule has 0 spiro atoms. The quantitative estimate of drug-likeness (QED) is 0.800. The first-order valence-electron chi connectivity index (χ1n) is 7.33. The Bertz CT molecular complexity index is 545. The number of methoxy groups -OCH3 is 1. The molecule has 1 aromatic carbocycles. The van der Waals surface area contributed by atoms with Crippen molar-refractivity contribution in [2.24, 2.45) is 11.8 Å². The fourth-order valence-corrected chi connectivity index (χ4v) is 2.46. The monoisotopic (exact) mass is 307 g/mol. The Balaban J connectivity index is 1.81. The Morgan fingerprint density at radius 2 is 1.91 bits per heavy atom. The molecule has 0 bridgehead atoms. The summed E-state index contributed by atoms with van der Waals surface area (Å²) in [6.45, 7) is 2.15. The molecule has 6 heteroatoms. The van der Waals surface area contributed by atoms with Crippen LogP contribution in [0.3, 0.4) is 0 Å². The number of amides is 1. The molecule has 1 fully saturated rings. The molecule has 2 rings (SSSR count). The van der Waals surface area contributed by atoms with Crippen molar-refractivity contribution in [3.05, 3.63) is 24.3 Å². The number of hydrogen-bond donors (Lipinski definition) is 2. The number of carboxylic acids is 1. The van der Waals surface area contributed by atoms with Gasteiger partial charge in [0.25, 0.3) is 0 Å². The smallest absolute Gasteiger partial charge is 0.307 e. The second kappa shape index (κ2) is 7.15. The molecule has 120 valence electrons. The lowest BCUT2D eigenvalue weighted by atomic mass is 9.73. The first kappa shape index (κ1) is 16.1. The minimum Gasteiger partial charge on any atom is -0.493 e. The van der Waals surface area contributed by atoms with Crippen LogP contribution in [0.25, 0.3) is 0 Å². The van der Waals surface area contributed by atoms with Crippen molar-refractivity contribution in [2.75, 3.05) is 13.7 Å². The number of hydrogen-bond acceptors (Lipinski definition) is 4. The highest BCUT2D eigenvalue weighted by atomic mass is 16.5. The van der Waals surface area contributed by atoms with Gasteiger partial charge in [0.1, 0.15) is 6.10 Å². The third-order valence-corrected chi connectivity index (χ3v) is 3.89. The summed E-state index contributed by atoms with van der Waals surface area (Å²) >= 11 is 0. The summed E-state index contributed by atoms with van der Waals surface area (Å²) < 4.78 is 10.9. The molecule has 3 atom stereocenters. The van der Waals surface area contributed by atoms with E-state index >= 15 is 0 Å². The second-order valence-electron chi connectivity index (χ2n) is 5.45. The molecule has 1 amide bonds. The summed E-state index contributed by atoms with van der Waals surface area (Å²) in [5.41, 5.74) is 0. The zero-order chi connectivity index (χ0) is 16.1. The van der Waals surface area contributed by atoms with E-state index in [1.54, 1.807) is 19.2 Å². The minimum absolute atomic E-state index is 0.214. The molecule has 3 unspecified atom stereocenters. The van der Waals surface area contributed by atoms with Gasteiger partial charge in [0.2, 0.25) is 5.91 Å². The molecule has 1 aliphatic rings. The van der Waals surface area contributed by atoms with Gasteiger partial charge in [0, 0.05) is 0 Å². The molecular formula is C16H21NO5. The highest BCUT2D eigenvalue weighted by Crippen LogP contribution is 2.34. The molecule has 0 aromatic heterocycles. The maximum Gasteiger partial charge on any atom is 0.307 e. The summed E-state index contributed by atoms with van der Waals surface area (Å²) in [4.78, 5) is 22.9. The van der Waals surface area contributed by atoms with Gasteiger partial charge in [-0.1, -0.05) is 12.1 Å². The molecule has 2 N–H and O–H groups in total. The van der Waals surface area contributed by atoms with Gasteiger partial charge in [-0.25, -0.2) is 0 Å². The van der Waals surface area contributed by atoms with Gasteiger partial charge in [-0.3, -0.25) is 9.59 Å². The van der Waals surface area contributed by atoms with Crippen molar-refractivity contribution >= 4 is 11.9 Å². The predicted molar refractivity (Wildman–Crippen MR) is 79.9 cm³/mol. The summed E-state index contributed by atoms with van der Waals surface area (Å²) in [6, 6.07) is 7.28. The maximum absolute atomic E-state index is 12.0. The molecule has 1 saturated carbocycles. The summed E-state index contributed by atoms with van der Waals surface area (Å²) in [5.74, 6) is -0.843. The molecule has 0 saturated heterocycles. The number of carboxylic acid groups (broad SMARTS) is 1. The zero-order valence-corrected chi connectivity index (χ0v) is 12.7. The highest BCUT2D eigenvalue weighted by Gasteiger charge is 2.41. The van der Waals surface area contributed by atoms with E-state index in [1.807, 2.05) is 19.1 Å². The lowest BCUT2D eigenvalue weighted by Gasteiger charge is -2.32. The standard InChI is InChI=1S/C16H21NO5/c1-10(22-14-6-4-3-5-13(14)21-2)9-17-15(18)11-7-8-12(11)16(19)20/h3-6,10-12H,7-9H2,1-2H3,(H,17,18)(H,19,20). The van der Waals surface area contributed by atoms with Gasteiger partial charge in [0.15, 0.2) is 11.5 Å². The van der Waals surface area contributed by atoms with E-state index < -0.39 is 17.8 Å². The number of aliphatic carboxylic acids is 1. The van der Waals surface area contributed by atoms with Crippen molar-refractivity contribution in [3.8, 4) is 11.5 Å². The van der Waals surface area contributed by atoms with Crippen LogP contribution in [0.5, 0.6) is 11.5 Å². The van der Waals surface area contributed by atoms with E-state index in [4.69, 9.17) is 14.6 Å². The largest absolute Gasteiger partial charge is 0.493 e. The van der Waals surface area contributed by atoms with Gasteiger partial charge >= 0.3 is 5.97 Å². The van der Waals surface area contributed by atoms with E-state index in [0.29, 0.717) is 30.9 Å². The fourth-order valence-electron chi connectivity index (χ4n) is 2.46. The lowest BCUT2D eigenvalue weighted by molar-refractivity contribution is -0.152. The third kappa shape index (κ3) is 3.69.